The van der Waals surface area contributed by atoms with Crippen molar-refractivity contribution in [3.05, 3.63) is 28.8 Å². The molecule has 0 spiro atoms. The Bertz CT molecular complexity index is 422. The predicted octanol–water partition coefficient (Wildman–Crippen LogP) is 2.51. The summed E-state index contributed by atoms with van der Waals surface area (Å²) >= 11 is 1.71. The lowest BCUT2D eigenvalue weighted by atomic mass is 10.4. The molecule has 74 valence electrons. The average Bonchev–Trinajstić information content (AvgIpc) is 2.73. The Balaban J connectivity index is 2.49. The van der Waals surface area contributed by atoms with Gasteiger partial charge in [-0.05, 0) is 13.8 Å². The fourth-order valence-corrected chi connectivity index (χ4v) is 2.24. The van der Waals surface area contributed by atoms with E-state index in [9.17, 15) is 0 Å². The molecule has 0 amide bonds. The van der Waals surface area contributed by atoms with Crippen molar-refractivity contribution in [3.8, 4) is 5.13 Å². The van der Waals surface area contributed by atoms with Gasteiger partial charge in [0.2, 0.25) is 0 Å². The molecule has 3 nitrogen and oxygen atoms in total. The van der Waals surface area contributed by atoms with Crippen molar-refractivity contribution in [2.75, 3.05) is 0 Å². The molecule has 2 rings (SSSR count). The Kier molecular flexibility index (Phi) is 2.37. The first-order valence-corrected chi connectivity index (χ1v) is 5.50. The van der Waals surface area contributed by atoms with Crippen molar-refractivity contribution < 1.29 is 0 Å². The lowest BCUT2D eigenvalue weighted by Crippen LogP contribution is -1.98. The van der Waals surface area contributed by atoms with Crippen LogP contribution in [0.1, 0.15) is 23.3 Å². The molecule has 4 heteroatoms. The molecule has 0 aliphatic heterocycles. The van der Waals surface area contributed by atoms with Gasteiger partial charge in [0.1, 0.15) is 5.82 Å². The number of nitrogens with zero attached hydrogens (tertiary/aromatic N) is 3. The first-order chi connectivity index (χ1) is 6.72. The Morgan fingerprint density at radius 1 is 1.43 bits per heavy atom. The largest absolute Gasteiger partial charge is 0.279 e. The quantitative estimate of drug-likeness (QED) is 0.757. The summed E-state index contributed by atoms with van der Waals surface area (Å²) in [6.45, 7) is 6.24. The maximum Gasteiger partial charge on any atom is 0.195 e. The molecular weight excluding hydrogens is 194 g/mol. The Labute approximate surface area is 87.4 Å². The first-order valence-electron chi connectivity index (χ1n) is 4.69. The van der Waals surface area contributed by atoms with Gasteiger partial charge in [0.25, 0.3) is 0 Å². The molecule has 2 aromatic rings. The highest BCUT2D eigenvalue weighted by molar-refractivity contribution is 7.14. The van der Waals surface area contributed by atoms with E-state index in [1.165, 1.54) is 4.88 Å². The van der Waals surface area contributed by atoms with Gasteiger partial charge in [-0.25, -0.2) is 9.97 Å². The van der Waals surface area contributed by atoms with E-state index in [0.29, 0.717) is 0 Å². The number of aryl methyl sites for hydroxylation is 3. The van der Waals surface area contributed by atoms with Crippen LogP contribution < -0.4 is 0 Å². The summed E-state index contributed by atoms with van der Waals surface area (Å²) in [5.41, 5.74) is 1.11. The van der Waals surface area contributed by atoms with Crippen LogP contribution in [0.4, 0.5) is 0 Å². The number of aromatic nitrogens is 3. The SMILES string of the molecule is CCc1nccn1-c1nc(C)c(C)s1. The molecular formula is C10H13N3S. The molecule has 2 heterocycles. The molecule has 0 N–H and O–H groups in total. The second-order valence-corrected chi connectivity index (χ2v) is 4.39. The van der Waals surface area contributed by atoms with E-state index in [4.69, 9.17) is 0 Å². The lowest BCUT2D eigenvalue weighted by Gasteiger charge is -1.99. The summed E-state index contributed by atoms with van der Waals surface area (Å²) in [5, 5.41) is 1.02. The highest BCUT2D eigenvalue weighted by Gasteiger charge is 2.08. The van der Waals surface area contributed by atoms with Crippen LogP contribution in [0.2, 0.25) is 0 Å². The van der Waals surface area contributed by atoms with Crippen LogP contribution in [-0.2, 0) is 6.42 Å². The summed E-state index contributed by atoms with van der Waals surface area (Å²) in [6.07, 6.45) is 4.73. The zero-order valence-corrected chi connectivity index (χ0v) is 9.43. The summed E-state index contributed by atoms with van der Waals surface area (Å²) in [6, 6.07) is 0. The van der Waals surface area contributed by atoms with Crippen LogP contribution in [0.3, 0.4) is 0 Å². The zero-order chi connectivity index (χ0) is 10.1. The maximum atomic E-state index is 4.50. The molecule has 0 unspecified atom stereocenters. The molecule has 0 bridgehead atoms. The highest BCUT2D eigenvalue weighted by Crippen LogP contribution is 2.21. The van der Waals surface area contributed by atoms with E-state index in [0.717, 1.165) is 23.1 Å². The molecule has 0 radical (unpaired) electrons. The van der Waals surface area contributed by atoms with Gasteiger partial charge in [-0.2, -0.15) is 0 Å². The summed E-state index contributed by atoms with van der Waals surface area (Å²) < 4.78 is 2.06. The third-order valence-electron chi connectivity index (χ3n) is 2.26. The Hall–Kier alpha value is -1.16. The lowest BCUT2D eigenvalue weighted by molar-refractivity contribution is 0.880. The number of thiazole rings is 1. The fourth-order valence-electron chi connectivity index (χ4n) is 1.33. The monoisotopic (exact) mass is 207 g/mol. The predicted molar refractivity (Wildman–Crippen MR) is 58.1 cm³/mol. The van der Waals surface area contributed by atoms with Gasteiger partial charge in [-0.3, -0.25) is 4.57 Å². The van der Waals surface area contributed by atoms with E-state index in [1.54, 1.807) is 11.3 Å². The first kappa shape index (κ1) is 9.40. The maximum absolute atomic E-state index is 4.50. The van der Waals surface area contributed by atoms with E-state index < -0.39 is 0 Å². The zero-order valence-electron chi connectivity index (χ0n) is 8.61. The van der Waals surface area contributed by atoms with Gasteiger partial charge < -0.3 is 0 Å². The third-order valence-corrected chi connectivity index (χ3v) is 3.33. The van der Waals surface area contributed by atoms with Gasteiger partial charge in [0, 0.05) is 23.7 Å². The van der Waals surface area contributed by atoms with Crippen molar-refractivity contribution in [2.24, 2.45) is 0 Å². The molecule has 0 aromatic carbocycles. The normalized spacial score (nSPS) is 10.8. The van der Waals surface area contributed by atoms with E-state index in [2.05, 4.69) is 28.4 Å². The molecule has 0 atom stereocenters. The molecule has 2 aromatic heterocycles. The summed E-state index contributed by atoms with van der Waals surface area (Å²) in [4.78, 5) is 10.1. The van der Waals surface area contributed by atoms with Crippen LogP contribution in [0.5, 0.6) is 0 Å². The molecule has 0 aliphatic carbocycles. The van der Waals surface area contributed by atoms with Crippen molar-refractivity contribution in [2.45, 2.75) is 27.2 Å². The van der Waals surface area contributed by atoms with Gasteiger partial charge in [-0.1, -0.05) is 6.92 Å². The third kappa shape index (κ3) is 1.46. The second-order valence-electron chi connectivity index (χ2n) is 3.21. The number of hydrogen-bond acceptors (Lipinski definition) is 3. The Morgan fingerprint density at radius 2 is 2.21 bits per heavy atom. The van der Waals surface area contributed by atoms with E-state index >= 15 is 0 Å². The van der Waals surface area contributed by atoms with Crippen molar-refractivity contribution in [1.29, 1.82) is 0 Å². The average molecular weight is 207 g/mol. The minimum absolute atomic E-state index is 0.935. The number of imidazole rings is 1. The van der Waals surface area contributed by atoms with Crippen molar-refractivity contribution in [3.63, 3.8) is 0 Å². The van der Waals surface area contributed by atoms with Gasteiger partial charge >= 0.3 is 0 Å². The topological polar surface area (TPSA) is 30.7 Å². The van der Waals surface area contributed by atoms with Gasteiger partial charge in [-0.15, -0.1) is 11.3 Å². The molecule has 0 fully saturated rings. The highest BCUT2D eigenvalue weighted by atomic mass is 32.1. The second kappa shape index (κ2) is 3.53. The standard InChI is InChI=1S/C10H13N3S/c1-4-9-11-5-6-13(9)10-12-7(2)8(3)14-10/h5-6H,4H2,1-3H3. The van der Waals surface area contributed by atoms with Crippen LogP contribution in [0.25, 0.3) is 5.13 Å². The molecule has 0 saturated carbocycles. The minimum atomic E-state index is 0.935. The van der Waals surface area contributed by atoms with Crippen LogP contribution >= 0.6 is 11.3 Å². The van der Waals surface area contributed by atoms with Crippen molar-refractivity contribution in [1.82, 2.24) is 14.5 Å². The van der Waals surface area contributed by atoms with Gasteiger partial charge in [0.05, 0.1) is 5.69 Å². The van der Waals surface area contributed by atoms with Crippen LogP contribution in [-0.4, -0.2) is 14.5 Å². The molecule has 14 heavy (non-hydrogen) atoms. The summed E-state index contributed by atoms with van der Waals surface area (Å²) in [5.74, 6) is 1.07. The number of rotatable bonds is 2. The number of hydrogen-bond donors (Lipinski definition) is 0. The fraction of sp³-hybridized carbons (Fsp3) is 0.400. The van der Waals surface area contributed by atoms with Crippen LogP contribution in [0.15, 0.2) is 12.4 Å². The minimum Gasteiger partial charge on any atom is -0.279 e. The molecule has 0 saturated heterocycles. The Morgan fingerprint density at radius 3 is 2.79 bits per heavy atom. The van der Waals surface area contributed by atoms with E-state index in [1.807, 2.05) is 19.3 Å². The van der Waals surface area contributed by atoms with Crippen LogP contribution in [0, 0.1) is 13.8 Å². The van der Waals surface area contributed by atoms with E-state index in [-0.39, 0.29) is 0 Å². The van der Waals surface area contributed by atoms with Crippen molar-refractivity contribution >= 4 is 11.3 Å². The smallest absolute Gasteiger partial charge is 0.195 e. The van der Waals surface area contributed by atoms with Gasteiger partial charge in [0.15, 0.2) is 5.13 Å². The summed E-state index contributed by atoms with van der Waals surface area (Å²) in [7, 11) is 0. The molecule has 0 aliphatic rings.